The molecule has 0 spiro atoms. The van der Waals surface area contributed by atoms with Crippen LogP contribution in [0.4, 0.5) is 0 Å². The lowest BCUT2D eigenvalue weighted by Crippen LogP contribution is -1.86. The van der Waals surface area contributed by atoms with Crippen molar-refractivity contribution in [3.63, 3.8) is 0 Å². The molecule has 0 aliphatic carbocycles. The molecule has 0 saturated heterocycles. The number of rotatable bonds is 1. The van der Waals surface area contributed by atoms with E-state index < -0.39 is 0 Å². The highest BCUT2D eigenvalue weighted by Crippen LogP contribution is 2.13. The lowest BCUT2D eigenvalue weighted by molar-refractivity contribution is 1.12. The second-order valence-electron chi connectivity index (χ2n) is 2.31. The van der Waals surface area contributed by atoms with Crippen LogP contribution in [0.1, 0.15) is 18.1 Å². The first kappa shape index (κ1) is 8.16. The zero-order chi connectivity index (χ0) is 8.27. The van der Waals surface area contributed by atoms with Gasteiger partial charge in [0.05, 0.1) is 11.6 Å². The van der Waals surface area contributed by atoms with E-state index in [4.69, 9.17) is 5.26 Å². The predicted octanol–water partition coefficient (Wildman–Crippen LogP) is 2.41. The molecule has 0 heterocycles. The maximum atomic E-state index is 8.69. The van der Waals surface area contributed by atoms with E-state index in [-0.39, 0.29) is 0 Å². The average molecular weight is 163 g/mol. The van der Waals surface area contributed by atoms with Crippen molar-refractivity contribution in [3.8, 4) is 6.07 Å². The SMILES string of the molecule is CCc1ccc(S)cc1C#N. The summed E-state index contributed by atoms with van der Waals surface area (Å²) in [6, 6.07) is 7.78. The van der Waals surface area contributed by atoms with E-state index in [0.29, 0.717) is 0 Å². The molecule has 0 fully saturated rings. The van der Waals surface area contributed by atoms with Crippen LogP contribution in [-0.2, 0) is 6.42 Å². The van der Waals surface area contributed by atoms with Crippen LogP contribution >= 0.6 is 12.6 Å². The zero-order valence-electron chi connectivity index (χ0n) is 6.33. The van der Waals surface area contributed by atoms with Crippen LogP contribution in [0.3, 0.4) is 0 Å². The molecule has 0 radical (unpaired) electrons. The number of benzene rings is 1. The maximum absolute atomic E-state index is 8.69. The average Bonchev–Trinajstić information content (AvgIpc) is 2.04. The molecule has 56 valence electrons. The lowest BCUT2D eigenvalue weighted by atomic mass is 10.1. The molecule has 0 aliphatic rings. The first-order valence-corrected chi connectivity index (χ1v) is 3.94. The van der Waals surface area contributed by atoms with E-state index in [1.807, 2.05) is 19.1 Å². The lowest BCUT2D eigenvalue weighted by Gasteiger charge is -1.99. The molecule has 2 heteroatoms. The van der Waals surface area contributed by atoms with Gasteiger partial charge in [-0.15, -0.1) is 12.6 Å². The highest BCUT2D eigenvalue weighted by atomic mass is 32.1. The van der Waals surface area contributed by atoms with E-state index in [1.54, 1.807) is 6.07 Å². The minimum atomic E-state index is 0.736. The predicted molar refractivity (Wildman–Crippen MR) is 47.8 cm³/mol. The van der Waals surface area contributed by atoms with Crippen LogP contribution in [0.15, 0.2) is 23.1 Å². The summed E-state index contributed by atoms with van der Waals surface area (Å²) in [5, 5.41) is 8.69. The van der Waals surface area contributed by atoms with Gasteiger partial charge in [0.25, 0.3) is 0 Å². The van der Waals surface area contributed by atoms with Crippen molar-refractivity contribution in [3.05, 3.63) is 29.3 Å². The van der Waals surface area contributed by atoms with Crippen LogP contribution < -0.4 is 0 Å². The third kappa shape index (κ3) is 1.75. The largest absolute Gasteiger partial charge is 0.192 e. The van der Waals surface area contributed by atoms with Gasteiger partial charge in [0.1, 0.15) is 0 Å². The van der Waals surface area contributed by atoms with Gasteiger partial charge in [0.15, 0.2) is 0 Å². The molecule has 0 aliphatic heterocycles. The van der Waals surface area contributed by atoms with Gasteiger partial charge in [-0.05, 0) is 24.1 Å². The summed E-state index contributed by atoms with van der Waals surface area (Å²) in [4.78, 5) is 0.846. The fourth-order valence-electron chi connectivity index (χ4n) is 0.977. The van der Waals surface area contributed by atoms with E-state index in [1.165, 1.54) is 0 Å². The van der Waals surface area contributed by atoms with Gasteiger partial charge < -0.3 is 0 Å². The Balaban J connectivity index is 3.19. The van der Waals surface area contributed by atoms with Gasteiger partial charge >= 0.3 is 0 Å². The first-order valence-electron chi connectivity index (χ1n) is 3.50. The van der Waals surface area contributed by atoms with Crippen LogP contribution in [0.2, 0.25) is 0 Å². The number of thiol groups is 1. The molecule has 0 unspecified atom stereocenters. The minimum absolute atomic E-state index is 0.736. The van der Waals surface area contributed by atoms with Crippen molar-refractivity contribution in [2.24, 2.45) is 0 Å². The quantitative estimate of drug-likeness (QED) is 0.631. The number of aryl methyl sites for hydroxylation is 1. The molecule has 0 aromatic heterocycles. The monoisotopic (exact) mass is 163 g/mol. The maximum Gasteiger partial charge on any atom is 0.0994 e. The molecule has 1 nitrogen and oxygen atoms in total. The molecule has 0 saturated carbocycles. The number of hydrogen-bond donors (Lipinski definition) is 1. The molecule has 0 atom stereocenters. The van der Waals surface area contributed by atoms with Crippen LogP contribution in [0.5, 0.6) is 0 Å². The van der Waals surface area contributed by atoms with E-state index in [9.17, 15) is 0 Å². The second-order valence-corrected chi connectivity index (χ2v) is 2.82. The Morgan fingerprint density at radius 1 is 1.55 bits per heavy atom. The number of nitriles is 1. The Morgan fingerprint density at radius 2 is 2.27 bits per heavy atom. The van der Waals surface area contributed by atoms with Crippen LogP contribution in [-0.4, -0.2) is 0 Å². The standard InChI is InChI=1S/C9H9NS/c1-2-7-3-4-9(11)5-8(7)6-10/h3-5,11H,2H2,1H3. The normalized spacial score (nSPS) is 9.18. The summed E-state index contributed by atoms with van der Waals surface area (Å²) in [5.41, 5.74) is 1.82. The van der Waals surface area contributed by atoms with Crippen molar-refractivity contribution >= 4 is 12.6 Å². The Morgan fingerprint density at radius 3 is 2.82 bits per heavy atom. The zero-order valence-corrected chi connectivity index (χ0v) is 7.23. The molecule has 0 N–H and O–H groups in total. The summed E-state index contributed by atoms with van der Waals surface area (Å²) >= 11 is 4.14. The summed E-state index contributed by atoms with van der Waals surface area (Å²) in [6.07, 6.45) is 0.900. The number of hydrogen-bond acceptors (Lipinski definition) is 2. The Labute approximate surface area is 72.1 Å². The van der Waals surface area contributed by atoms with Crippen molar-refractivity contribution < 1.29 is 0 Å². The third-order valence-electron chi connectivity index (χ3n) is 1.59. The van der Waals surface area contributed by atoms with Crippen molar-refractivity contribution in [1.82, 2.24) is 0 Å². The summed E-state index contributed by atoms with van der Waals surface area (Å²) < 4.78 is 0. The highest BCUT2D eigenvalue weighted by molar-refractivity contribution is 7.80. The summed E-state index contributed by atoms with van der Waals surface area (Å²) in [6.45, 7) is 2.04. The summed E-state index contributed by atoms with van der Waals surface area (Å²) in [5.74, 6) is 0. The topological polar surface area (TPSA) is 23.8 Å². The van der Waals surface area contributed by atoms with E-state index in [0.717, 1.165) is 22.4 Å². The van der Waals surface area contributed by atoms with Crippen LogP contribution in [0, 0.1) is 11.3 Å². The van der Waals surface area contributed by atoms with Gasteiger partial charge in [-0.25, -0.2) is 0 Å². The molecule has 0 amide bonds. The first-order chi connectivity index (χ1) is 5.27. The van der Waals surface area contributed by atoms with Gasteiger partial charge in [0, 0.05) is 4.90 Å². The highest BCUT2D eigenvalue weighted by Gasteiger charge is 1.98. The fourth-order valence-corrected chi connectivity index (χ4v) is 1.18. The van der Waals surface area contributed by atoms with Gasteiger partial charge in [-0.3, -0.25) is 0 Å². The van der Waals surface area contributed by atoms with E-state index in [2.05, 4.69) is 18.7 Å². The molecule has 0 bridgehead atoms. The summed E-state index contributed by atoms with van der Waals surface area (Å²) in [7, 11) is 0. The van der Waals surface area contributed by atoms with Gasteiger partial charge in [-0.2, -0.15) is 5.26 Å². The molecular weight excluding hydrogens is 154 g/mol. The van der Waals surface area contributed by atoms with Gasteiger partial charge in [0.2, 0.25) is 0 Å². The molecule has 1 aromatic carbocycles. The molecule has 1 aromatic rings. The molecular formula is C9H9NS. The minimum Gasteiger partial charge on any atom is -0.192 e. The number of nitrogens with zero attached hydrogens (tertiary/aromatic N) is 1. The Hall–Kier alpha value is -0.940. The Bertz CT molecular complexity index is 299. The molecule has 1 rings (SSSR count). The second kappa shape index (κ2) is 3.45. The molecule has 11 heavy (non-hydrogen) atoms. The van der Waals surface area contributed by atoms with Crippen molar-refractivity contribution in [2.75, 3.05) is 0 Å². The van der Waals surface area contributed by atoms with Gasteiger partial charge in [-0.1, -0.05) is 13.0 Å². The fraction of sp³-hybridized carbons (Fsp3) is 0.222. The van der Waals surface area contributed by atoms with Crippen LogP contribution in [0.25, 0.3) is 0 Å². The third-order valence-corrected chi connectivity index (χ3v) is 1.87. The van der Waals surface area contributed by atoms with Crippen molar-refractivity contribution in [2.45, 2.75) is 18.2 Å². The van der Waals surface area contributed by atoms with E-state index >= 15 is 0 Å². The smallest absolute Gasteiger partial charge is 0.0994 e. The van der Waals surface area contributed by atoms with Crippen molar-refractivity contribution in [1.29, 1.82) is 5.26 Å². The Kier molecular flexibility index (Phi) is 2.56.